The molecule has 21 heavy (non-hydrogen) atoms. The molecule has 0 radical (unpaired) electrons. The maximum atomic E-state index is 12.9. The first-order valence-electron chi connectivity index (χ1n) is 4.82. The Morgan fingerprint density at radius 1 is 0.667 bits per heavy atom. The molecule has 0 fully saturated rings. The highest BCUT2D eigenvalue weighted by Crippen LogP contribution is 2.58. The molecular formula is C8H7F11O2. The lowest BCUT2D eigenvalue weighted by atomic mass is 9.94. The lowest BCUT2D eigenvalue weighted by Crippen LogP contribution is -2.66. The number of alkyl halides is 11. The molecule has 0 saturated heterocycles. The molecule has 0 aliphatic rings. The molecule has 0 aliphatic heterocycles. The van der Waals surface area contributed by atoms with Gasteiger partial charge in [-0.2, -0.15) is 48.3 Å². The van der Waals surface area contributed by atoms with E-state index in [0.717, 1.165) is 0 Å². The molecule has 2 nitrogen and oxygen atoms in total. The minimum absolute atomic E-state index is 1.63. The lowest BCUT2D eigenvalue weighted by molar-refractivity contribution is -0.423. The van der Waals surface area contributed by atoms with E-state index in [0.29, 0.717) is 0 Å². The Bertz CT molecular complexity index is 362. The van der Waals surface area contributed by atoms with Gasteiger partial charge in [0, 0.05) is 6.42 Å². The Labute approximate surface area is 109 Å². The zero-order valence-corrected chi connectivity index (χ0v) is 9.54. The van der Waals surface area contributed by atoms with E-state index >= 15 is 0 Å². The molecule has 2 N–H and O–H groups in total. The topological polar surface area (TPSA) is 40.5 Å². The summed E-state index contributed by atoms with van der Waals surface area (Å²) in [6, 6.07) is 0. The predicted octanol–water partition coefficient (Wildman–Crippen LogP) is 2.83. The fraction of sp³-hybridized carbons (Fsp3) is 1.00. The van der Waals surface area contributed by atoms with Crippen LogP contribution in [0.1, 0.15) is 6.42 Å². The van der Waals surface area contributed by atoms with Crippen LogP contribution in [-0.4, -0.2) is 52.8 Å². The number of rotatable bonds is 6. The van der Waals surface area contributed by atoms with Gasteiger partial charge in [-0.3, -0.25) is 0 Å². The van der Waals surface area contributed by atoms with Crippen molar-refractivity contribution in [2.45, 2.75) is 42.4 Å². The van der Waals surface area contributed by atoms with E-state index in [1.807, 2.05) is 0 Å². The van der Waals surface area contributed by atoms with Gasteiger partial charge in [0.05, 0.1) is 12.7 Å². The highest BCUT2D eigenvalue weighted by Gasteiger charge is 2.86. The smallest absolute Gasteiger partial charge is 0.394 e. The molecule has 0 rings (SSSR count). The zero-order valence-electron chi connectivity index (χ0n) is 9.54. The van der Waals surface area contributed by atoms with Crippen molar-refractivity contribution >= 4 is 0 Å². The van der Waals surface area contributed by atoms with Crippen LogP contribution in [0.2, 0.25) is 0 Å². The van der Waals surface area contributed by atoms with Gasteiger partial charge < -0.3 is 10.2 Å². The molecule has 0 bridgehead atoms. The largest absolute Gasteiger partial charge is 0.460 e. The molecule has 0 spiro atoms. The first-order valence-corrected chi connectivity index (χ1v) is 4.82. The summed E-state index contributed by atoms with van der Waals surface area (Å²) >= 11 is 0. The van der Waals surface area contributed by atoms with Crippen molar-refractivity contribution in [3.63, 3.8) is 0 Å². The molecule has 0 aliphatic carbocycles. The normalized spacial score (nSPS) is 17.0. The fourth-order valence-corrected chi connectivity index (χ4v) is 1.09. The first kappa shape index (κ1) is 20.1. The summed E-state index contributed by atoms with van der Waals surface area (Å²) in [4.78, 5) is 0. The Hall–Kier alpha value is -0.850. The molecule has 0 aromatic heterocycles. The van der Waals surface area contributed by atoms with Crippen LogP contribution in [0, 0.1) is 0 Å². The van der Waals surface area contributed by atoms with Crippen LogP contribution in [-0.2, 0) is 0 Å². The summed E-state index contributed by atoms with van der Waals surface area (Å²) in [7, 11) is 0. The van der Waals surface area contributed by atoms with Gasteiger partial charge in [0.2, 0.25) is 0 Å². The first-order chi connectivity index (χ1) is 8.95. The highest BCUT2D eigenvalue weighted by atomic mass is 19.4. The summed E-state index contributed by atoms with van der Waals surface area (Å²) in [5, 5.41) is 16.6. The van der Waals surface area contributed by atoms with Crippen LogP contribution in [0.3, 0.4) is 0 Å². The molecule has 1 unspecified atom stereocenters. The van der Waals surface area contributed by atoms with Gasteiger partial charge in [-0.1, -0.05) is 0 Å². The van der Waals surface area contributed by atoms with E-state index in [2.05, 4.69) is 0 Å². The second-order valence-electron chi connectivity index (χ2n) is 3.97. The molecule has 13 heteroatoms. The third kappa shape index (κ3) is 3.17. The van der Waals surface area contributed by atoms with Gasteiger partial charge in [-0.25, -0.2) is 0 Å². The van der Waals surface area contributed by atoms with E-state index in [1.165, 1.54) is 0 Å². The summed E-state index contributed by atoms with van der Waals surface area (Å²) in [5.74, 6) is -28.2. The number of halogens is 11. The van der Waals surface area contributed by atoms with Crippen molar-refractivity contribution in [3.05, 3.63) is 0 Å². The van der Waals surface area contributed by atoms with E-state index < -0.39 is 49.0 Å². The van der Waals surface area contributed by atoms with Crippen LogP contribution in [0.5, 0.6) is 0 Å². The molecule has 0 aromatic rings. The number of aliphatic hydroxyl groups is 2. The second-order valence-corrected chi connectivity index (χ2v) is 3.97. The molecule has 0 saturated carbocycles. The average molecular weight is 344 g/mol. The summed E-state index contributed by atoms with van der Waals surface area (Å²) in [6.45, 7) is -1.63. The van der Waals surface area contributed by atoms with Gasteiger partial charge in [-0.05, 0) is 0 Å². The van der Waals surface area contributed by atoms with Crippen molar-refractivity contribution in [2.75, 3.05) is 6.61 Å². The Morgan fingerprint density at radius 2 is 1.05 bits per heavy atom. The van der Waals surface area contributed by atoms with E-state index in [4.69, 9.17) is 10.2 Å². The van der Waals surface area contributed by atoms with Crippen LogP contribution in [0.15, 0.2) is 0 Å². The van der Waals surface area contributed by atoms with Crippen molar-refractivity contribution in [3.8, 4) is 0 Å². The van der Waals surface area contributed by atoms with Crippen LogP contribution >= 0.6 is 0 Å². The van der Waals surface area contributed by atoms with Crippen molar-refractivity contribution in [1.82, 2.24) is 0 Å². The maximum absolute atomic E-state index is 12.9. The quantitative estimate of drug-likeness (QED) is 0.728. The van der Waals surface area contributed by atoms with Crippen molar-refractivity contribution in [2.24, 2.45) is 0 Å². The number of hydrogen-bond donors (Lipinski definition) is 2. The van der Waals surface area contributed by atoms with Crippen molar-refractivity contribution in [1.29, 1.82) is 0 Å². The van der Waals surface area contributed by atoms with Gasteiger partial charge >= 0.3 is 29.9 Å². The van der Waals surface area contributed by atoms with Gasteiger partial charge in [0.1, 0.15) is 0 Å². The van der Waals surface area contributed by atoms with E-state index in [-0.39, 0.29) is 0 Å². The third-order valence-corrected chi connectivity index (χ3v) is 2.31. The molecule has 0 heterocycles. The van der Waals surface area contributed by atoms with Crippen LogP contribution < -0.4 is 0 Å². The number of hydrogen-bond acceptors (Lipinski definition) is 2. The molecule has 0 aromatic carbocycles. The minimum atomic E-state index is -7.49. The summed E-state index contributed by atoms with van der Waals surface area (Å²) in [5.41, 5.74) is 0. The monoisotopic (exact) mass is 344 g/mol. The standard InChI is InChI=1S/C8H7F11O2/c9-4(10,1-3(21)2-20)5(11,12)6(13,14)7(15,16)8(17,18)19/h3,20-21H,1-2H2. The van der Waals surface area contributed by atoms with Gasteiger partial charge in [-0.15, -0.1) is 0 Å². The summed E-state index contributed by atoms with van der Waals surface area (Å²) < 4.78 is 136. The highest BCUT2D eigenvalue weighted by molar-refractivity contribution is 5.06. The fourth-order valence-electron chi connectivity index (χ4n) is 1.09. The van der Waals surface area contributed by atoms with Gasteiger partial charge in [0.15, 0.2) is 0 Å². The van der Waals surface area contributed by atoms with Crippen LogP contribution in [0.25, 0.3) is 0 Å². The number of aliphatic hydroxyl groups excluding tert-OH is 2. The molecular weight excluding hydrogens is 337 g/mol. The Kier molecular flexibility index (Phi) is 5.19. The second kappa shape index (κ2) is 5.41. The minimum Gasteiger partial charge on any atom is -0.394 e. The lowest BCUT2D eigenvalue weighted by Gasteiger charge is -2.37. The molecule has 1 atom stereocenters. The predicted molar refractivity (Wildman–Crippen MR) is 43.6 cm³/mol. The van der Waals surface area contributed by atoms with Crippen LogP contribution in [0.4, 0.5) is 48.3 Å². The SMILES string of the molecule is OCC(O)CC(F)(F)C(F)(F)C(F)(F)C(F)(F)C(F)(F)F. The van der Waals surface area contributed by atoms with E-state index in [1.54, 1.807) is 0 Å². The average Bonchev–Trinajstić information content (AvgIpc) is 2.25. The molecule has 0 amide bonds. The van der Waals surface area contributed by atoms with Gasteiger partial charge in [0.25, 0.3) is 0 Å². The van der Waals surface area contributed by atoms with Crippen molar-refractivity contribution < 1.29 is 58.5 Å². The van der Waals surface area contributed by atoms with E-state index in [9.17, 15) is 48.3 Å². The maximum Gasteiger partial charge on any atom is 0.460 e. The Morgan fingerprint density at radius 3 is 1.33 bits per heavy atom. The Balaban J connectivity index is 5.77. The summed E-state index contributed by atoms with van der Waals surface area (Å²) in [6.07, 6.45) is -12.6. The third-order valence-electron chi connectivity index (χ3n) is 2.31. The molecule has 128 valence electrons. The zero-order chi connectivity index (χ0) is 17.5.